The quantitative estimate of drug-likeness (QED) is 0.585. The molecule has 0 aliphatic carbocycles. The molecular weight excluding hydrogens is 138 g/mol. The monoisotopic (exact) mass is 159 g/mol. The van der Waals surface area contributed by atoms with Gasteiger partial charge in [-0.05, 0) is 13.0 Å². The Morgan fingerprint density at radius 3 is 1.64 bits per heavy atom. The van der Waals surface area contributed by atoms with Gasteiger partial charge in [0.1, 0.15) is 0 Å². The zero-order chi connectivity index (χ0) is 9.70. The SMILES string of the molecule is C/C=C/C(=O)NC.CC.CC. The number of rotatable bonds is 1. The second-order valence-corrected chi connectivity index (χ2v) is 1.11. The molecule has 0 aromatic heterocycles. The van der Waals surface area contributed by atoms with E-state index in [1.165, 1.54) is 6.08 Å². The lowest BCUT2D eigenvalue weighted by molar-refractivity contribution is -0.116. The predicted molar refractivity (Wildman–Crippen MR) is 51.6 cm³/mol. The molecule has 0 spiro atoms. The standard InChI is InChI=1S/C5H9NO.2C2H6/c1-3-4-5(7)6-2;2*1-2/h3-4H,1-2H3,(H,6,7);2*1-2H3/b4-3+;;. The van der Waals surface area contributed by atoms with Crippen molar-refractivity contribution >= 4 is 5.91 Å². The third-order valence-electron chi connectivity index (χ3n) is 0.564. The molecule has 0 unspecified atom stereocenters. The number of hydrogen-bond donors (Lipinski definition) is 1. The Morgan fingerprint density at radius 2 is 1.55 bits per heavy atom. The average Bonchev–Trinajstić information content (AvgIpc) is 2.12. The molecule has 0 saturated heterocycles. The minimum Gasteiger partial charge on any atom is -0.356 e. The summed E-state index contributed by atoms with van der Waals surface area (Å²) in [6, 6.07) is 0. The minimum atomic E-state index is -0.0532. The maximum absolute atomic E-state index is 10.2. The summed E-state index contributed by atoms with van der Waals surface area (Å²) in [7, 11) is 1.60. The Balaban J connectivity index is -0.000000138. The van der Waals surface area contributed by atoms with Gasteiger partial charge in [0.2, 0.25) is 5.91 Å². The minimum absolute atomic E-state index is 0.0532. The van der Waals surface area contributed by atoms with Gasteiger partial charge in [-0.3, -0.25) is 4.79 Å². The van der Waals surface area contributed by atoms with Crippen LogP contribution in [0.25, 0.3) is 0 Å². The number of nitrogens with one attached hydrogen (secondary N) is 1. The van der Waals surface area contributed by atoms with Crippen molar-refractivity contribution in [3.63, 3.8) is 0 Å². The van der Waals surface area contributed by atoms with Gasteiger partial charge in [0.25, 0.3) is 0 Å². The van der Waals surface area contributed by atoms with E-state index in [4.69, 9.17) is 0 Å². The first-order chi connectivity index (χ1) is 5.31. The van der Waals surface area contributed by atoms with Crippen LogP contribution in [0.4, 0.5) is 0 Å². The van der Waals surface area contributed by atoms with Crippen molar-refractivity contribution in [2.75, 3.05) is 7.05 Å². The molecule has 0 aromatic carbocycles. The highest BCUT2D eigenvalue weighted by atomic mass is 16.1. The Morgan fingerprint density at radius 1 is 1.18 bits per heavy atom. The molecule has 1 amide bonds. The van der Waals surface area contributed by atoms with Gasteiger partial charge in [-0.15, -0.1) is 0 Å². The Labute approximate surface area is 70.7 Å². The lowest BCUT2D eigenvalue weighted by Gasteiger charge is -1.84. The van der Waals surface area contributed by atoms with E-state index < -0.39 is 0 Å². The van der Waals surface area contributed by atoms with E-state index in [9.17, 15) is 4.79 Å². The summed E-state index contributed by atoms with van der Waals surface area (Å²) in [5, 5.41) is 2.44. The molecule has 0 rings (SSSR count). The van der Waals surface area contributed by atoms with Crippen molar-refractivity contribution < 1.29 is 4.79 Å². The van der Waals surface area contributed by atoms with Crippen molar-refractivity contribution in [2.24, 2.45) is 0 Å². The van der Waals surface area contributed by atoms with E-state index in [2.05, 4.69) is 5.32 Å². The lowest BCUT2D eigenvalue weighted by atomic mass is 10.5. The van der Waals surface area contributed by atoms with Crippen molar-refractivity contribution in [3.05, 3.63) is 12.2 Å². The second kappa shape index (κ2) is 22.9. The zero-order valence-electron chi connectivity index (χ0n) is 8.56. The molecule has 0 aromatic rings. The third kappa shape index (κ3) is 27.0. The zero-order valence-corrected chi connectivity index (χ0v) is 8.56. The smallest absolute Gasteiger partial charge is 0.243 e. The average molecular weight is 159 g/mol. The first kappa shape index (κ1) is 16.7. The normalized spacial score (nSPS) is 7.09. The van der Waals surface area contributed by atoms with Gasteiger partial charge < -0.3 is 5.32 Å². The molecule has 68 valence electrons. The van der Waals surface area contributed by atoms with E-state index in [0.29, 0.717) is 0 Å². The molecule has 0 bridgehead atoms. The van der Waals surface area contributed by atoms with Crippen molar-refractivity contribution in [1.82, 2.24) is 5.32 Å². The summed E-state index contributed by atoms with van der Waals surface area (Å²) in [6.07, 6.45) is 3.17. The molecule has 11 heavy (non-hydrogen) atoms. The van der Waals surface area contributed by atoms with Gasteiger partial charge in [-0.25, -0.2) is 0 Å². The predicted octanol–water partition coefficient (Wildman–Crippen LogP) is 2.36. The molecule has 0 aliphatic rings. The fraction of sp³-hybridized carbons (Fsp3) is 0.667. The summed E-state index contributed by atoms with van der Waals surface area (Å²) in [4.78, 5) is 10.2. The topological polar surface area (TPSA) is 29.1 Å². The summed E-state index contributed by atoms with van der Waals surface area (Å²) < 4.78 is 0. The maximum Gasteiger partial charge on any atom is 0.243 e. The molecule has 1 N–H and O–H groups in total. The van der Waals surface area contributed by atoms with Crippen LogP contribution in [-0.2, 0) is 4.79 Å². The van der Waals surface area contributed by atoms with Gasteiger partial charge in [-0.1, -0.05) is 33.8 Å². The van der Waals surface area contributed by atoms with E-state index >= 15 is 0 Å². The molecule has 2 heteroatoms. The molecular formula is C9H21NO. The van der Waals surface area contributed by atoms with Crippen LogP contribution in [0.1, 0.15) is 34.6 Å². The first-order valence-corrected chi connectivity index (χ1v) is 4.15. The van der Waals surface area contributed by atoms with E-state index in [-0.39, 0.29) is 5.91 Å². The fourth-order valence-corrected chi connectivity index (χ4v) is 0.235. The number of amides is 1. The third-order valence-corrected chi connectivity index (χ3v) is 0.564. The van der Waals surface area contributed by atoms with Gasteiger partial charge in [-0.2, -0.15) is 0 Å². The van der Waals surface area contributed by atoms with Crippen LogP contribution in [-0.4, -0.2) is 13.0 Å². The molecule has 2 nitrogen and oxygen atoms in total. The molecule has 0 radical (unpaired) electrons. The molecule has 0 heterocycles. The van der Waals surface area contributed by atoms with Crippen LogP contribution in [0, 0.1) is 0 Å². The molecule has 0 fully saturated rings. The largest absolute Gasteiger partial charge is 0.356 e. The molecule has 0 aliphatic heterocycles. The second-order valence-electron chi connectivity index (χ2n) is 1.11. The first-order valence-electron chi connectivity index (χ1n) is 4.15. The number of allylic oxidation sites excluding steroid dienone is 1. The Hall–Kier alpha value is -0.790. The van der Waals surface area contributed by atoms with E-state index in [1.54, 1.807) is 20.0 Å². The van der Waals surface area contributed by atoms with Crippen molar-refractivity contribution in [1.29, 1.82) is 0 Å². The number of carbonyl (C=O) groups excluding carboxylic acids is 1. The van der Waals surface area contributed by atoms with Crippen LogP contribution in [0.5, 0.6) is 0 Å². The van der Waals surface area contributed by atoms with E-state index in [1.807, 2.05) is 27.7 Å². The van der Waals surface area contributed by atoms with Crippen molar-refractivity contribution in [3.8, 4) is 0 Å². The van der Waals surface area contributed by atoms with Crippen LogP contribution in [0.3, 0.4) is 0 Å². The molecule has 0 atom stereocenters. The van der Waals surface area contributed by atoms with Crippen LogP contribution >= 0.6 is 0 Å². The Bertz CT molecular complexity index is 87.6. The highest BCUT2D eigenvalue weighted by molar-refractivity contribution is 5.86. The van der Waals surface area contributed by atoms with Gasteiger partial charge >= 0.3 is 0 Å². The highest BCUT2D eigenvalue weighted by Gasteiger charge is 1.81. The Kier molecular flexibility index (Phi) is 34.6. The summed E-state index contributed by atoms with van der Waals surface area (Å²) in [5.41, 5.74) is 0. The van der Waals surface area contributed by atoms with Crippen LogP contribution < -0.4 is 5.32 Å². The lowest BCUT2D eigenvalue weighted by Crippen LogP contribution is -2.13. The summed E-state index contributed by atoms with van der Waals surface area (Å²) >= 11 is 0. The fourth-order valence-electron chi connectivity index (χ4n) is 0.235. The summed E-state index contributed by atoms with van der Waals surface area (Å²) in [5.74, 6) is -0.0532. The number of carbonyl (C=O) groups is 1. The van der Waals surface area contributed by atoms with Crippen molar-refractivity contribution in [2.45, 2.75) is 34.6 Å². The number of hydrogen-bond acceptors (Lipinski definition) is 1. The van der Waals surface area contributed by atoms with Crippen LogP contribution in [0.15, 0.2) is 12.2 Å². The van der Waals surface area contributed by atoms with Gasteiger partial charge in [0.15, 0.2) is 0 Å². The van der Waals surface area contributed by atoms with Crippen LogP contribution in [0.2, 0.25) is 0 Å². The summed E-state index contributed by atoms with van der Waals surface area (Å²) in [6.45, 7) is 9.80. The number of likely N-dealkylation sites (N-methyl/N-ethyl adjacent to an activating group) is 1. The molecule has 0 saturated carbocycles. The van der Waals surface area contributed by atoms with Gasteiger partial charge in [0, 0.05) is 7.05 Å². The van der Waals surface area contributed by atoms with E-state index in [0.717, 1.165) is 0 Å². The highest BCUT2D eigenvalue weighted by Crippen LogP contribution is 1.66. The van der Waals surface area contributed by atoms with Gasteiger partial charge in [0.05, 0.1) is 0 Å². The maximum atomic E-state index is 10.2.